The standard InChI is InChI=1S/C11H13N3O2S2/c1-15-8-3-2-4-9(7-8)16-5-6-17-11-14-13-10(12)18-11/h2-4,7H,5-6H2,1H3,(H2,12,13). The molecule has 1 aromatic carbocycles. The minimum absolute atomic E-state index is 0.492. The average Bonchev–Trinajstić information content (AvgIpc) is 2.81. The van der Waals surface area contributed by atoms with Crippen molar-refractivity contribution in [1.29, 1.82) is 0 Å². The van der Waals surface area contributed by atoms with Gasteiger partial charge in [-0.2, -0.15) is 0 Å². The molecule has 96 valence electrons. The number of anilines is 1. The molecule has 0 atom stereocenters. The van der Waals surface area contributed by atoms with E-state index in [1.165, 1.54) is 11.3 Å². The number of thioether (sulfide) groups is 1. The number of nitrogens with two attached hydrogens (primary N) is 1. The zero-order valence-electron chi connectivity index (χ0n) is 9.83. The second-order valence-electron chi connectivity index (χ2n) is 3.28. The Bertz CT molecular complexity index is 505. The average molecular weight is 283 g/mol. The number of hydrogen-bond donors (Lipinski definition) is 1. The van der Waals surface area contributed by atoms with Crippen LogP contribution in [0, 0.1) is 0 Å². The van der Waals surface area contributed by atoms with Crippen LogP contribution in [0.2, 0.25) is 0 Å². The third kappa shape index (κ3) is 3.78. The molecule has 0 bridgehead atoms. The first kappa shape index (κ1) is 13.0. The highest BCUT2D eigenvalue weighted by molar-refractivity contribution is 8.01. The fourth-order valence-corrected chi connectivity index (χ4v) is 2.78. The lowest BCUT2D eigenvalue weighted by atomic mass is 10.3. The number of rotatable bonds is 6. The fourth-order valence-electron chi connectivity index (χ4n) is 1.26. The number of nitrogens with zero attached hydrogens (tertiary/aromatic N) is 2. The maximum Gasteiger partial charge on any atom is 0.203 e. The molecule has 7 heteroatoms. The maximum absolute atomic E-state index is 5.60. The van der Waals surface area contributed by atoms with Crippen LogP contribution in [0.1, 0.15) is 0 Å². The van der Waals surface area contributed by atoms with Crippen LogP contribution in [-0.2, 0) is 0 Å². The Morgan fingerprint density at radius 3 is 2.89 bits per heavy atom. The van der Waals surface area contributed by atoms with Crippen molar-refractivity contribution >= 4 is 28.2 Å². The van der Waals surface area contributed by atoms with E-state index in [-0.39, 0.29) is 0 Å². The summed E-state index contributed by atoms with van der Waals surface area (Å²) in [6, 6.07) is 7.53. The molecule has 0 saturated heterocycles. The van der Waals surface area contributed by atoms with E-state index >= 15 is 0 Å². The Labute approximate surface area is 113 Å². The molecule has 1 heterocycles. The highest BCUT2D eigenvalue weighted by Crippen LogP contribution is 2.24. The van der Waals surface area contributed by atoms with E-state index in [9.17, 15) is 0 Å². The first-order chi connectivity index (χ1) is 8.78. The predicted octanol–water partition coefficient (Wildman–Crippen LogP) is 2.30. The SMILES string of the molecule is COc1cccc(OCCSc2nnc(N)s2)c1. The molecule has 18 heavy (non-hydrogen) atoms. The molecule has 0 spiro atoms. The van der Waals surface area contributed by atoms with E-state index in [2.05, 4.69) is 10.2 Å². The van der Waals surface area contributed by atoms with Crippen LogP contribution >= 0.6 is 23.1 Å². The van der Waals surface area contributed by atoms with Crippen LogP contribution in [-0.4, -0.2) is 29.7 Å². The normalized spacial score (nSPS) is 10.3. The summed E-state index contributed by atoms with van der Waals surface area (Å²) in [7, 11) is 1.63. The van der Waals surface area contributed by atoms with Gasteiger partial charge in [0.15, 0.2) is 4.34 Å². The van der Waals surface area contributed by atoms with Gasteiger partial charge in [-0.25, -0.2) is 0 Å². The summed E-state index contributed by atoms with van der Waals surface area (Å²) in [4.78, 5) is 0. The van der Waals surface area contributed by atoms with Crippen molar-refractivity contribution in [3.05, 3.63) is 24.3 Å². The topological polar surface area (TPSA) is 70.3 Å². The minimum atomic E-state index is 0.492. The second kappa shape index (κ2) is 6.46. The van der Waals surface area contributed by atoms with E-state index in [0.29, 0.717) is 11.7 Å². The van der Waals surface area contributed by atoms with Crippen molar-refractivity contribution in [2.75, 3.05) is 25.2 Å². The molecule has 2 N–H and O–H groups in total. The molecule has 0 aliphatic rings. The van der Waals surface area contributed by atoms with Crippen molar-refractivity contribution < 1.29 is 9.47 Å². The van der Waals surface area contributed by atoms with Crippen LogP contribution in [0.5, 0.6) is 11.5 Å². The lowest BCUT2D eigenvalue weighted by Crippen LogP contribution is -2.00. The molecular weight excluding hydrogens is 270 g/mol. The van der Waals surface area contributed by atoms with Gasteiger partial charge in [0.25, 0.3) is 0 Å². The van der Waals surface area contributed by atoms with Gasteiger partial charge in [-0.1, -0.05) is 29.2 Å². The molecule has 2 aromatic rings. The zero-order valence-corrected chi connectivity index (χ0v) is 11.5. The number of benzene rings is 1. The smallest absolute Gasteiger partial charge is 0.203 e. The fraction of sp³-hybridized carbons (Fsp3) is 0.273. The summed E-state index contributed by atoms with van der Waals surface area (Å²) in [6.07, 6.45) is 0. The number of ether oxygens (including phenoxy) is 2. The summed E-state index contributed by atoms with van der Waals surface area (Å²) in [5.41, 5.74) is 5.49. The van der Waals surface area contributed by atoms with E-state index in [1.54, 1.807) is 18.9 Å². The van der Waals surface area contributed by atoms with Gasteiger partial charge in [0.2, 0.25) is 5.13 Å². The van der Waals surface area contributed by atoms with Crippen LogP contribution in [0.3, 0.4) is 0 Å². The Hall–Kier alpha value is -1.47. The molecule has 0 unspecified atom stereocenters. The molecule has 0 fully saturated rings. The molecule has 1 aromatic heterocycles. The molecule has 5 nitrogen and oxygen atoms in total. The van der Waals surface area contributed by atoms with Gasteiger partial charge < -0.3 is 15.2 Å². The molecule has 0 saturated carbocycles. The highest BCUT2D eigenvalue weighted by Gasteiger charge is 2.02. The quantitative estimate of drug-likeness (QED) is 0.648. The molecular formula is C11H13N3O2S2. The predicted molar refractivity (Wildman–Crippen MR) is 73.5 cm³/mol. The number of methoxy groups -OCH3 is 1. The van der Waals surface area contributed by atoms with Gasteiger partial charge in [-0.05, 0) is 12.1 Å². The summed E-state index contributed by atoms with van der Waals surface area (Å²) in [5.74, 6) is 2.38. The van der Waals surface area contributed by atoms with Gasteiger partial charge in [-0.15, -0.1) is 10.2 Å². The zero-order chi connectivity index (χ0) is 12.8. The monoisotopic (exact) mass is 283 g/mol. The highest BCUT2D eigenvalue weighted by atomic mass is 32.2. The first-order valence-electron chi connectivity index (χ1n) is 5.26. The van der Waals surface area contributed by atoms with Gasteiger partial charge in [0, 0.05) is 11.8 Å². The molecule has 0 aliphatic heterocycles. The largest absolute Gasteiger partial charge is 0.497 e. The van der Waals surface area contributed by atoms with Crippen molar-refractivity contribution in [2.45, 2.75) is 4.34 Å². The first-order valence-corrected chi connectivity index (χ1v) is 7.07. The summed E-state index contributed by atoms with van der Waals surface area (Å²) < 4.78 is 11.6. The molecule has 0 amide bonds. The molecule has 0 aliphatic carbocycles. The van der Waals surface area contributed by atoms with Gasteiger partial charge >= 0.3 is 0 Å². The van der Waals surface area contributed by atoms with E-state index in [1.807, 2.05) is 24.3 Å². The Balaban J connectivity index is 1.74. The summed E-state index contributed by atoms with van der Waals surface area (Å²) in [5, 5.41) is 8.15. The van der Waals surface area contributed by atoms with Crippen LogP contribution in [0.25, 0.3) is 0 Å². The molecule has 0 radical (unpaired) electrons. The Morgan fingerprint density at radius 2 is 2.17 bits per heavy atom. The van der Waals surface area contributed by atoms with E-state index < -0.39 is 0 Å². The number of hydrogen-bond acceptors (Lipinski definition) is 7. The summed E-state index contributed by atoms with van der Waals surface area (Å²) in [6.45, 7) is 0.595. The van der Waals surface area contributed by atoms with Gasteiger partial charge in [0.1, 0.15) is 11.5 Å². The van der Waals surface area contributed by atoms with E-state index in [4.69, 9.17) is 15.2 Å². The third-order valence-electron chi connectivity index (χ3n) is 2.04. The van der Waals surface area contributed by atoms with Crippen molar-refractivity contribution in [3.63, 3.8) is 0 Å². The van der Waals surface area contributed by atoms with Gasteiger partial charge in [0.05, 0.1) is 13.7 Å². The van der Waals surface area contributed by atoms with Crippen molar-refractivity contribution in [1.82, 2.24) is 10.2 Å². The minimum Gasteiger partial charge on any atom is -0.497 e. The third-order valence-corrected chi connectivity index (χ3v) is 3.89. The van der Waals surface area contributed by atoms with Gasteiger partial charge in [-0.3, -0.25) is 0 Å². The lowest BCUT2D eigenvalue weighted by molar-refractivity contribution is 0.339. The molecule has 2 rings (SSSR count). The van der Waals surface area contributed by atoms with Crippen molar-refractivity contribution in [2.24, 2.45) is 0 Å². The maximum atomic E-state index is 5.60. The lowest BCUT2D eigenvalue weighted by Gasteiger charge is -2.06. The van der Waals surface area contributed by atoms with E-state index in [0.717, 1.165) is 21.6 Å². The number of aromatic nitrogens is 2. The van der Waals surface area contributed by atoms with Crippen molar-refractivity contribution in [3.8, 4) is 11.5 Å². The van der Waals surface area contributed by atoms with Crippen LogP contribution < -0.4 is 15.2 Å². The number of nitrogen functional groups attached to an aromatic ring is 1. The Morgan fingerprint density at radius 1 is 1.33 bits per heavy atom. The van der Waals surface area contributed by atoms with Crippen LogP contribution in [0.15, 0.2) is 28.6 Å². The Kier molecular flexibility index (Phi) is 4.66. The second-order valence-corrected chi connectivity index (χ2v) is 5.63. The summed E-state index contributed by atoms with van der Waals surface area (Å²) >= 11 is 2.96. The van der Waals surface area contributed by atoms with Crippen LogP contribution in [0.4, 0.5) is 5.13 Å².